The van der Waals surface area contributed by atoms with Gasteiger partial charge in [0.15, 0.2) is 11.5 Å². The van der Waals surface area contributed by atoms with Crippen molar-refractivity contribution < 1.29 is 9.47 Å². The van der Waals surface area contributed by atoms with E-state index < -0.39 is 0 Å². The summed E-state index contributed by atoms with van der Waals surface area (Å²) in [5.41, 5.74) is 2.44. The molecule has 3 aromatic carbocycles. The summed E-state index contributed by atoms with van der Waals surface area (Å²) in [5, 5.41) is 14.1. The summed E-state index contributed by atoms with van der Waals surface area (Å²) in [6.07, 6.45) is 1.57. The summed E-state index contributed by atoms with van der Waals surface area (Å²) < 4.78 is 13.4. The molecule has 0 radical (unpaired) electrons. The van der Waals surface area contributed by atoms with Crippen LogP contribution >= 0.6 is 15.9 Å². The summed E-state index contributed by atoms with van der Waals surface area (Å²) in [6, 6.07) is 20.1. The molecule has 0 fully saturated rings. The van der Waals surface area contributed by atoms with Crippen LogP contribution in [-0.2, 0) is 6.61 Å². The number of halogens is 1. The van der Waals surface area contributed by atoms with Crippen molar-refractivity contribution >= 4 is 33.0 Å². The minimum Gasteiger partial charge on any atom is -0.493 e. The number of methoxy groups -OCH3 is 1. The zero-order chi connectivity index (χ0) is 23.4. The molecule has 0 spiro atoms. The second-order valence-electron chi connectivity index (χ2n) is 7.15. The Morgan fingerprint density at radius 3 is 2.76 bits per heavy atom. The Morgan fingerprint density at radius 2 is 1.97 bits per heavy atom. The number of nitriles is 1. The molecule has 164 valence electrons. The van der Waals surface area contributed by atoms with Crippen LogP contribution in [0.4, 0.5) is 0 Å². The second kappa shape index (κ2) is 9.67. The first-order chi connectivity index (χ1) is 16.0. The fourth-order valence-corrected chi connectivity index (χ4v) is 3.68. The van der Waals surface area contributed by atoms with Gasteiger partial charge in [-0.1, -0.05) is 34.1 Å². The van der Waals surface area contributed by atoms with Crippen LogP contribution in [0.1, 0.15) is 22.5 Å². The highest BCUT2D eigenvalue weighted by Gasteiger charge is 2.10. The largest absolute Gasteiger partial charge is 0.493 e. The van der Waals surface area contributed by atoms with E-state index in [1.54, 1.807) is 50.6 Å². The van der Waals surface area contributed by atoms with Crippen molar-refractivity contribution in [2.24, 2.45) is 5.10 Å². The van der Waals surface area contributed by atoms with Gasteiger partial charge < -0.3 is 9.47 Å². The van der Waals surface area contributed by atoms with Crippen molar-refractivity contribution in [3.8, 4) is 17.6 Å². The number of aryl methyl sites for hydroxylation is 1. The smallest absolute Gasteiger partial charge is 0.282 e. The molecule has 0 saturated carbocycles. The van der Waals surface area contributed by atoms with Gasteiger partial charge in [-0.3, -0.25) is 4.79 Å². The maximum atomic E-state index is 12.9. The van der Waals surface area contributed by atoms with Gasteiger partial charge in [0.2, 0.25) is 0 Å². The molecule has 1 heterocycles. The van der Waals surface area contributed by atoms with Crippen LogP contribution in [0.15, 0.2) is 75.0 Å². The van der Waals surface area contributed by atoms with Crippen molar-refractivity contribution in [2.75, 3.05) is 7.11 Å². The molecular formula is C25H19BrN4O3. The Labute approximate surface area is 198 Å². The van der Waals surface area contributed by atoms with Crippen LogP contribution in [-0.4, -0.2) is 23.0 Å². The van der Waals surface area contributed by atoms with Gasteiger partial charge in [-0.15, -0.1) is 0 Å². The second-order valence-corrected chi connectivity index (χ2v) is 8.07. The van der Waals surface area contributed by atoms with E-state index in [0.29, 0.717) is 33.8 Å². The summed E-state index contributed by atoms with van der Waals surface area (Å²) in [5.74, 6) is 1.53. The SMILES string of the molecule is COc1cc(C=Nn2c(C)nc3ccc(Br)cc3c2=O)ccc1OCc1ccccc1C#N. The van der Waals surface area contributed by atoms with Gasteiger partial charge in [-0.2, -0.15) is 15.0 Å². The quantitative estimate of drug-likeness (QED) is 0.353. The average Bonchev–Trinajstić information content (AvgIpc) is 2.83. The van der Waals surface area contributed by atoms with Crippen LogP contribution in [0, 0.1) is 18.3 Å². The third-order valence-electron chi connectivity index (χ3n) is 5.00. The minimum absolute atomic E-state index is 0.237. The van der Waals surface area contributed by atoms with Crippen LogP contribution in [0.5, 0.6) is 11.5 Å². The number of fused-ring (bicyclic) bond motifs is 1. The van der Waals surface area contributed by atoms with Gasteiger partial charge in [0.1, 0.15) is 12.4 Å². The molecule has 8 heteroatoms. The van der Waals surface area contributed by atoms with Crippen LogP contribution < -0.4 is 15.0 Å². The highest BCUT2D eigenvalue weighted by molar-refractivity contribution is 9.10. The molecular weight excluding hydrogens is 484 g/mol. The van der Waals surface area contributed by atoms with Crippen LogP contribution in [0.25, 0.3) is 10.9 Å². The minimum atomic E-state index is -0.252. The zero-order valence-electron chi connectivity index (χ0n) is 17.9. The van der Waals surface area contributed by atoms with Crippen molar-refractivity contribution in [3.63, 3.8) is 0 Å². The van der Waals surface area contributed by atoms with Crippen molar-refractivity contribution in [1.29, 1.82) is 5.26 Å². The maximum absolute atomic E-state index is 12.9. The number of ether oxygens (including phenoxy) is 2. The van der Waals surface area contributed by atoms with E-state index in [2.05, 4.69) is 32.1 Å². The Balaban J connectivity index is 1.60. The van der Waals surface area contributed by atoms with Gasteiger partial charge in [0.05, 0.1) is 35.9 Å². The molecule has 0 bridgehead atoms. The number of rotatable bonds is 6. The van der Waals surface area contributed by atoms with Gasteiger partial charge in [0.25, 0.3) is 5.56 Å². The maximum Gasteiger partial charge on any atom is 0.282 e. The molecule has 1 aromatic heterocycles. The van der Waals surface area contributed by atoms with E-state index in [1.165, 1.54) is 4.68 Å². The molecule has 4 aromatic rings. The third kappa shape index (κ3) is 4.78. The fraction of sp³-hybridized carbons (Fsp3) is 0.120. The van der Waals surface area contributed by atoms with Crippen LogP contribution in [0.3, 0.4) is 0 Å². The van der Waals surface area contributed by atoms with E-state index in [1.807, 2.05) is 30.3 Å². The molecule has 0 N–H and O–H groups in total. The lowest BCUT2D eigenvalue weighted by Gasteiger charge is -2.12. The summed E-state index contributed by atoms with van der Waals surface area (Å²) in [6.45, 7) is 1.97. The average molecular weight is 503 g/mol. The first-order valence-corrected chi connectivity index (χ1v) is 10.8. The first-order valence-electron chi connectivity index (χ1n) is 10.0. The van der Waals surface area contributed by atoms with Crippen molar-refractivity contribution in [2.45, 2.75) is 13.5 Å². The van der Waals surface area contributed by atoms with E-state index in [0.717, 1.165) is 15.6 Å². The Hall–Kier alpha value is -3.96. The summed E-state index contributed by atoms with van der Waals surface area (Å²) in [7, 11) is 1.55. The first kappa shape index (κ1) is 22.2. The van der Waals surface area contributed by atoms with E-state index >= 15 is 0 Å². The Kier molecular flexibility index (Phi) is 6.52. The predicted molar refractivity (Wildman–Crippen MR) is 130 cm³/mol. The molecule has 0 aliphatic carbocycles. The lowest BCUT2D eigenvalue weighted by Crippen LogP contribution is -2.20. The molecule has 0 atom stereocenters. The number of benzene rings is 3. The third-order valence-corrected chi connectivity index (χ3v) is 5.49. The van der Waals surface area contributed by atoms with Gasteiger partial charge in [-0.05, 0) is 55.0 Å². The van der Waals surface area contributed by atoms with Gasteiger partial charge in [0, 0.05) is 10.0 Å². The molecule has 0 aliphatic rings. The normalized spacial score (nSPS) is 11.0. The molecule has 7 nitrogen and oxygen atoms in total. The monoisotopic (exact) mass is 502 g/mol. The molecule has 33 heavy (non-hydrogen) atoms. The number of hydrogen-bond donors (Lipinski definition) is 0. The number of aromatic nitrogens is 2. The van der Waals surface area contributed by atoms with E-state index in [-0.39, 0.29) is 12.2 Å². The fourth-order valence-electron chi connectivity index (χ4n) is 3.31. The van der Waals surface area contributed by atoms with E-state index in [4.69, 9.17) is 9.47 Å². The van der Waals surface area contributed by atoms with Crippen molar-refractivity contribution in [3.05, 3.63) is 98.0 Å². The lowest BCUT2D eigenvalue weighted by molar-refractivity contribution is 0.284. The summed E-state index contributed by atoms with van der Waals surface area (Å²) >= 11 is 3.39. The highest BCUT2D eigenvalue weighted by atomic mass is 79.9. The van der Waals surface area contributed by atoms with Crippen molar-refractivity contribution in [1.82, 2.24) is 9.66 Å². The predicted octanol–water partition coefficient (Wildman–Crippen LogP) is 4.81. The highest BCUT2D eigenvalue weighted by Crippen LogP contribution is 2.28. The van der Waals surface area contributed by atoms with E-state index in [9.17, 15) is 10.1 Å². The lowest BCUT2D eigenvalue weighted by atomic mass is 10.1. The van der Waals surface area contributed by atoms with Gasteiger partial charge in [-0.25, -0.2) is 4.98 Å². The number of nitrogens with zero attached hydrogens (tertiary/aromatic N) is 4. The Bertz CT molecular complexity index is 1470. The molecule has 0 aliphatic heterocycles. The van der Waals surface area contributed by atoms with Crippen LogP contribution in [0.2, 0.25) is 0 Å². The van der Waals surface area contributed by atoms with Gasteiger partial charge >= 0.3 is 0 Å². The topological polar surface area (TPSA) is 89.5 Å². The molecule has 4 rings (SSSR count). The Morgan fingerprint density at radius 1 is 1.15 bits per heavy atom. The number of hydrogen-bond acceptors (Lipinski definition) is 6. The molecule has 0 saturated heterocycles. The standard InChI is InChI=1S/C25H19BrN4O3/c1-16-29-22-9-8-20(26)12-21(22)25(31)30(16)28-14-17-7-10-23(24(11-17)32-2)33-15-19-6-4-3-5-18(19)13-27/h3-12,14H,15H2,1-2H3. The summed E-state index contributed by atoms with van der Waals surface area (Å²) in [4.78, 5) is 17.4. The zero-order valence-corrected chi connectivity index (χ0v) is 19.5. The molecule has 0 unspecified atom stereocenters. The molecule has 0 amide bonds.